The molecule has 1 aromatic rings. The van der Waals surface area contributed by atoms with Crippen molar-refractivity contribution in [3.8, 4) is 0 Å². The van der Waals surface area contributed by atoms with E-state index in [4.69, 9.17) is 5.73 Å². The highest BCUT2D eigenvalue weighted by Crippen LogP contribution is 2.12. The first-order valence-corrected chi connectivity index (χ1v) is 5.76. The van der Waals surface area contributed by atoms with Gasteiger partial charge in [-0.15, -0.1) is 0 Å². The van der Waals surface area contributed by atoms with Crippen LogP contribution in [0.4, 0.5) is 0 Å². The summed E-state index contributed by atoms with van der Waals surface area (Å²) >= 11 is 0. The minimum absolute atomic E-state index is 0.0147. The summed E-state index contributed by atoms with van der Waals surface area (Å²) in [5.74, 6) is 0.153. The fourth-order valence-corrected chi connectivity index (χ4v) is 1.97. The minimum Gasteiger partial charge on any atom is -0.321 e. The topological polar surface area (TPSA) is 43.1 Å². The second kappa shape index (κ2) is 5.26. The first-order chi connectivity index (χ1) is 7.40. The third-order valence-electron chi connectivity index (χ3n) is 2.67. The number of rotatable bonds is 4. The molecule has 2 N–H and O–H groups in total. The Morgan fingerprint density at radius 1 is 1.19 bits per heavy atom. The van der Waals surface area contributed by atoms with Gasteiger partial charge in [0.1, 0.15) is 0 Å². The van der Waals surface area contributed by atoms with Gasteiger partial charge < -0.3 is 5.73 Å². The third-order valence-corrected chi connectivity index (χ3v) is 2.67. The number of hydrogen-bond acceptors (Lipinski definition) is 2. The Morgan fingerprint density at radius 2 is 1.69 bits per heavy atom. The zero-order valence-corrected chi connectivity index (χ0v) is 10.6. The van der Waals surface area contributed by atoms with E-state index in [1.54, 1.807) is 0 Å². The van der Waals surface area contributed by atoms with Crippen LogP contribution in [0.25, 0.3) is 0 Å². The van der Waals surface area contributed by atoms with Crippen LogP contribution in [0.3, 0.4) is 0 Å². The SMILES string of the molecule is Cc1cc(C)cc(CC(N)C(=O)C(C)C)c1. The lowest BCUT2D eigenvalue weighted by Crippen LogP contribution is -2.35. The van der Waals surface area contributed by atoms with Crippen LogP contribution in [0, 0.1) is 19.8 Å². The average Bonchev–Trinajstić information content (AvgIpc) is 2.14. The number of carbonyl (C=O) groups is 1. The van der Waals surface area contributed by atoms with Gasteiger partial charge in [0.25, 0.3) is 0 Å². The summed E-state index contributed by atoms with van der Waals surface area (Å²) in [5.41, 5.74) is 9.50. The predicted molar refractivity (Wildman–Crippen MR) is 67.4 cm³/mol. The largest absolute Gasteiger partial charge is 0.321 e. The Hall–Kier alpha value is -1.15. The van der Waals surface area contributed by atoms with Crippen LogP contribution in [-0.2, 0) is 11.2 Å². The fourth-order valence-electron chi connectivity index (χ4n) is 1.97. The van der Waals surface area contributed by atoms with E-state index in [0.717, 1.165) is 5.56 Å². The van der Waals surface area contributed by atoms with Crippen molar-refractivity contribution in [2.24, 2.45) is 11.7 Å². The van der Waals surface area contributed by atoms with Crippen LogP contribution in [0.1, 0.15) is 30.5 Å². The van der Waals surface area contributed by atoms with Crippen LogP contribution in [0.2, 0.25) is 0 Å². The lowest BCUT2D eigenvalue weighted by Gasteiger charge is -2.13. The maximum atomic E-state index is 11.7. The molecule has 16 heavy (non-hydrogen) atoms. The quantitative estimate of drug-likeness (QED) is 0.845. The molecule has 2 heteroatoms. The lowest BCUT2D eigenvalue weighted by atomic mass is 9.95. The zero-order valence-electron chi connectivity index (χ0n) is 10.6. The standard InChI is InChI=1S/C14H21NO/c1-9(2)14(16)13(15)8-12-6-10(3)5-11(4)7-12/h5-7,9,13H,8,15H2,1-4H3. The van der Waals surface area contributed by atoms with Crippen LogP contribution in [0.5, 0.6) is 0 Å². The van der Waals surface area contributed by atoms with Gasteiger partial charge in [0, 0.05) is 5.92 Å². The third kappa shape index (κ3) is 3.46. The molecule has 1 unspecified atom stereocenters. The molecule has 0 aromatic heterocycles. The van der Waals surface area contributed by atoms with E-state index in [1.165, 1.54) is 11.1 Å². The number of ketones is 1. The van der Waals surface area contributed by atoms with E-state index in [1.807, 2.05) is 13.8 Å². The summed E-state index contributed by atoms with van der Waals surface area (Å²) < 4.78 is 0. The minimum atomic E-state index is -0.374. The Labute approximate surface area is 97.9 Å². The van der Waals surface area contributed by atoms with E-state index in [-0.39, 0.29) is 17.7 Å². The zero-order chi connectivity index (χ0) is 12.3. The Kier molecular flexibility index (Phi) is 4.25. The molecule has 0 saturated carbocycles. The molecule has 88 valence electrons. The van der Waals surface area contributed by atoms with Crippen LogP contribution >= 0.6 is 0 Å². The van der Waals surface area contributed by atoms with Gasteiger partial charge in [0.15, 0.2) is 5.78 Å². The van der Waals surface area contributed by atoms with Gasteiger partial charge in [0.2, 0.25) is 0 Å². The highest BCUT2D eigenvalue weighted by atomic mass is 16.1. The monoisotopic (exact) mass is 219 g/mol. The van der Waals surface area contributed by atoms with Gasteiger partial charge in [-0.2, -0.15) is 0 Å². The molecule has 0 aliphatic heterocycles. The Bertz CT molecular complexity index is 362. The smallest absolute Gasteiger partial charge is 0.152 e. The number of hydrogen-bond donors (Lipinski definition) is 1. The van der Waals surface area contributed by atoms with Crippen molar-refractivity contribution in [3.05, 3.63) is 34.9 Å². The predicted octanol–water partition coefficient (Wildman–Crippen LogP) is 2.40. The number of aryl methyl sites for hydroxylation is 2. The molecule has 0 fully saturated rings. The van der Waals surface area contributed by atoms with Crippen molar-refractivity contribution < 1.29 is 4.79 Å². The number of benzene rings is 1. The van der Waals surface area contributed by atoms with Crippen LogP contribution in [0.15, 0.2) is 18.2 Å². The van der Waals surface area contributed by atoms with Crippen molar-refractivity contribution in [1.29, 1.82) is 0 Å². The van der Waals surface area contributed by atoms with Gasteiger partial charge in [-0.1, -0.05) is 43.2 Å². The molecular weight excluding hydrogens is 198 g/mol. The van der Waals surface area contributed by atoms with Crippen molar-refractivity contribution in [2.75, 3.05) is 0 Å². The molecule has 1 atom stereocenters. The molecular formula is C14H21NO. The Balaban J connectivity index is 2.76. The average molecular weight is 219 g/mol. The Morgan fingerprint density at radius 3 is 2.12 bits per heavy atom. The second-order valence-corrected chi connectivity index (χ2v) is 4.86. The maximum absolute atomic E-state index is 11.7. The number of carbonyl (C=O) groups excluding carboxylic acids is 1. The lowest BCUT2D eigenvalue weighted by molar-refractivity contribution is -0.123. The molecule has 0 bridgehead atoms. The van der Waals surface area contributed by atoms with Crippen LogP contribution in [-0.4, -0.2) is 11.8 Å². The summed E-state index contributed by atoms with van der Waals surface area (Å²) in [5, 5.41) is 0. The second-order valence-electron chi connectivity index (χ2n) is 4.86. The van der Waals surface area contributed by atoms with Crippen molar-refractivity contribution >= 4 is 5.78 Å². The molecule has 1 rings (SSSR count). The van der Waals surface area contributed by atoms with Crippen molar-refractivity contribution in [3.63, 3.8) is 0 Å². The van der Waals surface area contributed by atoms with Gasteiger partial charge >= 0.3 is 0 Å². The molecule has 0 spiro atoms. The van der Waals surface area contributed by atoms with E-state index < -0.39 is 0 Å². The number of Topliss-reactive ketones (excluding diaryl/α,β-unsaturated/α-hetero) is 1. The van der Waals surface area contributed by atoms with Crippen molar-refractivity contribution in [2.45, 2.75) is 40.2 Å². The summed E-state index contributed by atoms with van der Waals surface area (Å²) in [6.45, 7) is 7.91. The molecule has 0 heterocycles. The molecule has 0 amide bonds. The van der Waals surface area contributed by atoms with Gasteiger partial charge in [-0.05, 0) is 25.8 Å². The molecule has 2 nitrogen and oxygen atoms in total. The highest BCUT2D eigenvalue weighted by Gasteiger charge is 2.17. The summed E-state index contributed by atoms with van der Waals surface area (Å²) in [4.78, 5) is 11.7. The van der Waals surface area contributed by atoms with Gasteiger partial charge in [-0.3, -0.25) is 4.79 Å². The van der Waals surface area contributed by atoms with E-state index >= 15 is 0 Å². The fraction of sp³-hybridized carbons (Fsp3) is 0.500. The molecule has 1 aromatic carbocycles. The summed E-state index contributed by atoms with van der Waals surface area (Å²) in [7, 11) is 0. The summed E-state index contributed by atoms with van der Waals surface area (Å²) in [6.07, 6.45) is 0.638. The van der Waals surface area contributed by atoms with E-state index in [2.05, 4.69) is 32.0 Å². The van der Waals surface area contributed by atoms with Crippen molar-refractivity contribution in [1.82, 2.24) is 0 Å². The molecule has 0 aliphatic rings. The van der Waals surface area contributed by atoms with E-state index in [9.17, 15) is 4.79 Å². The number of nitrogens with two attached hydrogens (primary N) is 1. The maximum Gasteiger partial charge on any atom is 0.152 e. The van der Waals surface area contributed by atoms with Gasteiger partial charge in [0.05, 0.1) is 6.04 Å². The first kappa shape index (κ1) is 12.9. The van der Waals surface area contributed by atoms with Crippen LogP contribution < -0.4 is 5.73 Å². The van der Waals surface area contributed by atoms with Gasteiger partial charge in [-0.25, -0.2) is 0 Å². The molecule has 0 radical (unpaired) electrons. The molecule has 0 aliphatic carbocycles. The first-order valence-electron chi connectivity index (χ1n) is 5.76. The summed E-state index contributed by atoms with van der Waals surface area (Å²) in [6, 6.07) is 5.95. The molecule has 0 saturated heterocycles. The highest BCUT2D eigenvalue weighted by molar-refractivity contribution is 5.85. The normalized spacial score (nSPS) is 12.9. The van der Waals surface area contributed by atoms with E-state index in [0.29, 0.717) is 6.42 Å².